The van der Waals surface area contributed by atoms with Gasteiger partial charge in [-0.2, -0.15) is 5.10 Å². The van der Waals surface area contributed by atoms with Crippen molar-refractivity contribution in [2.45, 2.75) is 50.7 Å². The van der Waals surface area contributed by atoms with Crippen molar-refractivity contribution in [1.29, 1.82) is 0 Å². The molecule has 1 aliphatic carbocycles. The fourth-order valence-corrected chi connectivity index (χ4v) is 2.75. The van der Waals surface area contributed by atoms with Crippen molar-refractivity contribution in [2.75, 3.05) is 11.9 Å². The average molecular weight is 300 g/mol. The Morgan fingerprint density at radius 1 is 1.27 bits per heavy atom. The number of nitrogens with one attached hydrogen (secondary N) is 2. The van der Waals surface area contributed by atoms with Gasteiger partial charge in [0.25, 0.3) is 0 Å². The molecule has 3 heterocycles. The third-order valence-corrected chi connectivity index (χ3v) is 4.16. The zero-order valence-electron chi connectivity index (χ0n) is 12.6. The first kappa shape index (κ1) is 13.6. The summed E-state index contributed by atoms with van der Waals surface area (Å²) in [5.41, 5.74) is 0.956. The van der Waals surface area contributed by atoms with Gasteiger partial charge >= 0.3 is 0 Å². The summed E-state index contributed by atoms with van der Waals surface area (Å²) in [6.07, 6.45) is 6.35. The highest BCUT2D eigenvalue weighted by molar-refractivity contribution is 5.24. The van der Waals surface area contributed by atoms with Crippen molar-refractivity contribution in [1.82, 2.24) is 25.1 Å². The van der Waals surface area contributed by atoms with Crippen LogP contribution in [0.25, 0.3) is 0 Å². The Morgan fingerprint density at radius 3 is 3.00 bits per heavy atom. The molecule has 2 atom stereocenters. The first-order chi connectivity index (χ1) is 10.8. The van der Waals surface area contributed by atoms with Crippen molar-refractivity contribution < 1.29 is 4.74 Å². The van der Waals surface area contributed by atoms with Crippen molar-refractivity contribution in [3.05, 3.63) is 29.6 Å². The van der Waals surface area contributed by atoms with Crippen LogP contribution in [0.2, 0.25) is 0 Å². The van der Waals surface area contributed by atoms with Crippen LogP contribution in [0.5, 0.6) is 0 Å². The van der Waals surface area contributed by atoms with Gasteiger partial charge in [-0.1, -0.05) is 0 Å². The van der Waals surface area contributed by atoms with Crippen LogP contribution in [0, 0.1) is 6.92 Å². The Morgan fingerprint density at radius 2 is 2.18 bits per heavy atom. The molecule has 4 rings (SSSR count). The van der Waals surface area contributed by atoms with E-state index in [1.54, 1.807) is 6.20 Å². The molecule has 2 fully saturated rings. The van der Waals surface area contributed by atoms with E-state index in [0.29, 0.717) is 18.4 Å². The van der Waals surface area contributed by atoms with Gasteiger partial charge in [0.15, 0.2) is 11.6 Å². The fraction of sp³-hybridized carbons (Fsp3) is 0.600. The first-order valence-corrected chi connectivity index (χ1v) is 7.89. The monoisotopic (exact) mass is 300 g/mol. The molecule has 1 aliphatic heterocycles. The molecule has 0 amide bonds. The molecule has 0 spiro atoms. The topological polar surface area (TPSA) is 88.6 Å². The fourth-order valence-electron chi connectivity index (χ4n) is 2.75. The number of ether oxygens (including phenoxy) is 1. The molecule has 0 radical (unpaired) electrons. The van der Waals surface area contributed by atoms with Crippen molar-refractivity contribution >= 4 is 5.95 Å². The molecule has 22 heavy (non-hydrogen) atoms. The van der Waals surface area contributed by atoms with Gasteiger partial charge in [0.1, 0.15) is 6.10 Å². The Bertz CT molecular complexity index is 653. The minimum atomic E-state index is 0.0326. The zero-order chi connectivity index (χ0) is 14.9. The highest BCUT2D eigenvalue weighted by Gasteiger charge is 2.32. The molecule has 1 saturated carbocycles. The van der Waals surface area contributed by atoms with E-state index < -0.39 is 0 Å². The lowest BCUT2D eigenvalue weighted by Gasteiger charge is -2.13. The van der Waals surface area contributed by atoms with E-state index in [4.69, 9.17) is 4.74 Å². The number of hydrogen-bond acceptors (Lipinski definition) is 6. The van der Waals surface area contributed by atoms with Gasteiger partial charge in [-0.05, 0) is 38.7 Å². The minimum absolute atomic E-state index is 0.0326. The normalized spacial score (nSPS) is 24.6. The molecule has 7 heteroatoms. The number of nitrogens with zero attached hydrogens (tertiary/aromatic N) is 4. The van der Waals surface area contributed by atoms with Gasteiger partial charge in [0, 0.05) is 24.4 Å². The quantitative estimate of drug-likeness (QED) is 0.879. The highest BCUT2D eigenvalue weighted by atomic mass is 16.5. The van der Waals surface area contributed by atoms with Gasteiger partial charge in [-0.3, -0.25) is 5.10 Å². The molecule has 0 aromatic carbocycles. The van der Waals surface area contributed by atoms with E-state index in [2.05, 4.69) is 30.5 Å². The Hall–Kier alpha value is -2.02. The molecule has 2 aromatic rings. The second-order valence-corrected chi connectivity index (χ2v) is 6.08. The molecule has 2 N–H and O–H groups in total. The van der Waals surface area contributed by atoms with Crippen LogP contribution >= 0.6 is 0 Å². The maximum absolute atomic E-state index is 6.06. The number of aromatic amines is 1. The zero-order valence-corrected chi connectivity index (χ0v) is 12.6. The number of aromatic nitrogens is 5. The lowest BCUT2D eigenvalue weighted by Crippen LogP contribution is -2.20. The Kier molecular flexibility index (Phi) is 3.49. The minimum Gasteiger partial charge on any atom is -0.365 e. The second-order valence-electron chi connectivity index (χ2n) is 6.08. The molecular formula is C15H20N6O. The third-order valence-electron chi connectivity index (χ3n) is 4.16. The van der Waals surface area contributed by atoms with Crippen LogP contribution in [0.15, 0.2) is 12.3 Å². The van der Waals surface area contributed by atoms with Crippen LogP contribution in [-0.2, 0) is 4.74 Å². The third kappa shape index (κ3) is 2.94. The van der Waals surface area contributed by atoms with Gasteiger partial charge in [0.05, 0.1) is 6.10 Å². The van der Waals surface area contributed by atoms with Crippen LogP contribution in [0.3, 0.4) is 0 Å². The van der Waals surface area contributed by atoms with Crippen LogP contribution in [0.4, 0.5) is 5.95 Å². The van der Waals surface area contributed by atoms with Crippen molar-refractivity contribution in [3.63, 3.8) is 0 Å². The average Bonchev–Trinajstić information content (AvgIpc) is 3.07. The molecule has 7 nitrogen and oxygen atoms in total. The number of hydrogen-bond donors (Lipinski definition) is 2. The molecule has 0 unspecified atom stereocenters. The molecule has 1 saturated heterocycles. The first-order valence-electron chi connectivity index (χ1n) is 7.89. The highest BCUT2D eigenvalue weighted by Crippen LogP contribution is 2.39. The standard InChI is InChI=1S/C15H20N6O/c1-9-6-7-16-15(18-9)17-8-11-4-5-12(22-11)14-19-13(20-21-14)10-2-3-10/h6-7,10-12H,2-5,8H2,1H3,(H,16,17,18)(H,19,20,21)/t11-,12+/m1/s1. The largest absolute Gasteiger partial charge is 0.365 e. The van der Waals surface area contributed by atoms with Crippen LogP contribution < -0.4 is 5.32 Å². The molecule has 116 valence electrons. The van der Waals surface area contributed by atoms with Gasteiger partial charge in [-0.15, -0.1) is 0 Å². The van der Waals surface area contributed by atoms with Crippen molar-refractivity contribution in [2.24, 2.45) is 0 Å². The number of aryl methyl sites for hydroxylation is 1. The predicted octanol–water partition coefficient (Wildman–Crippen LogP) is 2.11. The van der Waals surface area contributed by atoms with E-state index in [0.717, 1.165) is 30.2 Å². The molecule has 2 aliphatic rings. The molecular weight excluding hydrogens is 280 g/mol. The van der Waals surface area contributed by atoms with E-state index in [1.807, 2.05) is 13.0 Å². The molecule has 2 aromatic heterocycles. The number of anilines is 1. The smallest absolute Gasteiger partial charge is 0.222 e. The maximum atomic E-state index is 6.06. The molecule has 0 bridgehead atoms. The number of rotatable bonds is 5. The summed E-state index contributed by atoms with van der Waals surface area (Å²) in [4.78, 5) is 13.1. The summed E-state index contributed by atoms with van der Waals surface area (Å²) in [5, 5.41) is 10.6. The Balaban J connectivity index is 1.31. The summed E-state index contributed by atoms with van der Waals surface area (Å²) in [5.74, 6) is 3.05. The summed E-state index contributed by atoms with van der Waals surface area (Å²) in [7, 11) is 0. The van der Waals surface area contributed by atoms with Crippen molar-refractivity contribution in [3.8, 4) is 0 Å². The van der Waals surface area contributed by atoms with Crippen LogP contribution in [-0.4, -0.2) is 37.8 Å². The van der Waals surface area contributed by atoms with E-state index in [9.17, 15) is 0 Å². The lowest BCUT2D eigenvalue weighted by molar-refractivity contribution is 0.0471. The summed E-state index contributed by atoms with van der Waals surface area (Å²) >= 11 is 0. The number of H-pyrrole nitrogens is 1. The van der Waals surface area contributed by atoms with E-state index >= 15 is 0 Å². The van der Waals surface area contributed by atoms with Gasteiger partial charge in [-0.25, -0.2) is 15.0 Å². The van der Waals surface area contributed by atoms with E-state index in [-0.39, 0.29) is 12.2 Å². The SMILES string of the molecule is Cc1ccnc(NC[C@H]2CC[C@@H](c3nc(C4CC4)n[nH]3)O2)n1. The summed E-state index contributed by atoms with van der Waals surface area (Å²) in [6.45, 7) is 2.67. The predicted molar refractivity (Wildman–Crippen MR) is 80.5 cm³/mol. The van der Waals surface area contributed by atoms with Gasteiger partial charge in [0.2, 0.25) is 5.95 Å². The summed E-state index contributed by atoms with van der Waals surface area (Å²) in [6, 6.07) is 1.88. The lowest BCUT2D eigenvalue weighted by atomic mass is 10.2. The Labute approximate surface area is 128 Å². The second kappa shape index (κ2) is 5.64. The van der Waals surface area contributed by atoms with E-state index in [1.165, 1.54) is 12.8 Å². The summed E-state index contributed by atoms with van der Waals surface area (Å²) < 4.78 is 6.06. The van der Waals surface area contributed by atoms with Gasteiger partial charge < -0.3 is 10.1 Å². The maximum Gasteiger partial charge on any atom is 0.222 e. The van der Waals surface area contributed by atoms with Crippen LogP contribution in [0.1, 0.15) is 55.0 Å².